The number of carbonyl (C=O) groups is 2. The van der Waals surface area contributed by atoms with Gasteiger partial charge in [-0.25, -0.2) is 9.48 Å². The highest BCUT2D eigenvalue weighted by atomic mass is 16.2. The molecule has 0 aliphatic carbocycles. The smallest absolute Gasteiger partial charge is 0.322 e. The molecule has 0 saturated heterocycles. The first-order valence-corrected chi connectivity index (χ1v) is 7.54. The van der Waals surface area contributed by atoms with E-state index in [2.05, 4.69) is 20.7 Å². The zero-order chi connectivity index (χ0) is 17.9. The summed E-state index contributed by atoms with van der Waals surface area (Å²) in [6.45, 7) is 7.23. The molecule has 1 aromatic heterocycles. The minimum absolute atomic E-state index is 0.144. The van der Waals surface area contributed by atoms with Crippen LogP contribution in [-0.2, 0) is 4.79 Å². The number of carbonyl (C=O) groups excluding carboxylic acids is 2. The number of nitrogens with two attached hydrogens (primary N) is 1. The lowest BCUT2D eigenvalue weighted by atomic mass is 9.86. The first-order valence-electron chi connectivity index (χ1n) is 7.54. The number of rotatable bonds is 4. The Balaban J connectivity index is 2.12. The lowest BCUT2D eigenvalue weighted by Crippen LogP contribution is -2.53. The maximum atomic E-state index is 12.1. The lowest BCUT2D eigenvalue weighted by molar-refractivity contribution is -0.122. The highest BCUT2D eigenvalue weighted by molar-refractivity contribution is 5.92. The van der Waals surface area contributed by atoms with E-state index < -0.39 is 23.4 Å². The summed E-state index contributed by atoms with van der Waals surface area (Å²) in [4.78, 5) is 27.8. The van der Waals surface area contributed by atoms with E-state index >= 15 is 0 Å². The fourth-order valence-corrected chi connectivity index (χ4v) is 2.24. The van der Waals surface area contributed by atoms with Crippen LogP contribution < -0.4 is 16.4 Å². The van der Waals surface area contributed by atoms with Crippen molar-refractivity contribution in [2.45, 2.75) is 33.7 Å². The number of benzene rings is 1. The number of nitrogens with zero attached hydrogens (tertiary/aromatic N) is 3. The van der Waals surface area contributed by atoms with Gasteiger partial charge in [0.2, 0.25) is 5.91 Å². The van der Waals surface area contributed by atoms with Gasteiger partial charge >= 0.3 is 6.03 Å². The summed E-state index contributed by atoms with van der Waals surface area (Å²) in [5.74, 6) is 0.168. The van der Waals surface area contributed by atoms with Gasteiger partial charge in [0.1, 0.15) is 11.9 Å². The fourth-order valence-electron chi connectivity index (χ4n) is 2.24. The summed E-state index contributed by atoms with van der Waals surface area (Å²) < 4.78 is 1.62. The van der Waals surface area contributed by atoms with Gasteiger partial charge in [-0.1, -0.05) is 39.0 Å². The van der Waals surface area contributed by atoms with Gasteiger partial charge in [-0.15, -0.1) is 5.10 Å². The molecule has 1 aromatic carbocycles. The van der Waals surface area contributed by atoms with E-state index in [-0.39, 0.29) is 5.95 Å². The monoisotopic (exact) mass is 330 g/mol. The van der Waals surface area contributed by atoms with Crippen molar-refractivity contribution < 1.29 is 9.59 Å². The number of hydrogen-bond donors (Lipinski definition) is 3. The van der Waals surface area contributed by atoms with Crippen LogP contribution >= 0.6 is 0 Å². The molecule has 0 radical (unpaired) electrons. The van der Waals surface area contributed by atoms with Crippen LogP contribution in [0.1, 0.15) is 26.6 Å². The molecular weight excluding hydrogens is 308 g/mol. The largest absolute Gasteiger partial charge is 0.368 e. The number of nitrogens with one attached hydrogen (secondary N) is 2. The van der Waals surface area contributed by atoms with Crippen molar-refractivity contribution in [1.29, 1.82) is 0 Å². The Kier molecular flexibility index (Phi) is 4.87. The first kappa shape index (κ1) is 17.5. The number of amides is 3. The predicted octanol–water partition coefficient (Wildman–Crippen LogP) is 1.60. The number of anilines is 1. The summed E-state index contributed by atoms with van der Waals surface area (Å²) in [7, 11) is 0. The SMILES string of the molecule is Cc1nc(NC(=O)N[C@H](C(N)=O)C(C)(C)C)nn1-c1ccccc1. The van der Waals surface area contributed by atoms with Crippen molar-refractivity contribution in [2.24, 2.45) is 11.1 Å². The van der Waals surface area contributed by atoms with E-state index in [9.17, 15) is 9.59 Å². The quantitative estimate of drug-likeness (QED) is 0.789. The molecule has 2 rings (SSSR count). The van der Waals surface area contributed by atoms with Crippen LogP contribution in [-0.4, -0.2) is 32.7 Å². The second-order valence-corrected chi connectivity index (χ2v) is 6.53. The lowest BCUT2D eigenvalue weighted by Gasteiger charge is -2.28. The van der Waals surface area contributed by atoms with Crippen LogP contribution in [0, 0.1) is 12.3 Å². The molecule has 0 unspecified atom stereocenters. The van der Waals surface area contributed by atoms with Crippen LogP contribution in [0.3, 0.4) is 0 Å². The number of aromatic nitrogens is 3. The molecule has 0 spiro atoms. The normalized spacial score (nSPS) is 12.5. The zero-order valence-electron chi connectivity index (χ0n) is 14.2. The van der Waals surface area contributed by atoms with Crippen molar-refractivity contribution in [1.82, 2.24) is 20.1 Å². The van der Waals surface area contributed by atoms with Gasteiger partial charge in [-0.3, -0.25) is 10.1 Å². The van der Waals surface area contributed by atoms with Gasteiger partial charge in [0.15, 0.2) is 0 Å². The Morgan fingerprint density at radius 2 is 1.83 bits per heavy atom. The Morgan fingerprint density at radius 1 is 1.21 bits per heavy atom. The molecule has 1 atom stereocenters. The molecule has 0 fully saturated rings. The van der Waals surface area contributed by atoms with Gasteiger partial charge in [-0.2, -0.15) is 4.98 Å². The van der Waals surface area contributed by atoms with E-state index in [0.717, 1.165) is 5.69 Å². The third-order valence-corrected chi connectivity index (χ3v) is 3.42. The van der Waals surface area contributed by atoms with Crippen molar-refractivity contribution in [3.8, 4) is 5.69 Å². The third-order valence-electron chi connectivity index (χ3n) is 3.42. The molecule has 24 heavy (non-hydrogen) atoms. The summed E-state index contributed by atoms with van der Waals surface area (Å²) in [6.07, 6.45) is 0. The molecule has 8 nitrogen and oxygen atoms in total. The average Bonchev–Trinajstić information content (AvgIpc) is 2.84. The second-order valence-electron chi connectivity index (χ2n) is 6.53. The van der Waals surface area contributed by atoms with Crippen molar-refractivity contribution >= 4 is 17.9 Å². The van der Waals surface area contributed by atoms with Crippen LogP contribution in [0.25, 0.3) is 5.69 Å². The van der Waals surface area contributed by atoms with Crippen molar-refractivity contribution in [2.75, 3.05) is 5.32 Å². The van der Waals surface area contributed by atoms with Gasteiger partial charge in [0.25, 0.3) is 5.95 Å². The first-order chi connectivity index (χ1) is 11.2. The van der Waals surface area contributed by atoms with E-state index in [1.165, 1.54) is 0 Å². The molecule has 2 aromatic rings. The Bertz CT molecular complexity index is 733. The molecule has 0 aliphatic rings. The van der Waals surface area contributed by atoms with E-state index in [4.69, 9.17) is 5.73 Å². The molecule has 3 amide bonds. The van der Waals surface area contributed by atoms with Crippen LogP contribution in [0.5, 0.6) is 0 Å². The van der Waals surface area contributed by atoms with Crippen molar-refractivity contribution in [3.05, 3.63) is 36.2 Å². The highest BCUT2D eigenvalue weighted by Gasteiger charge is 2.31. The maximum absolute atomic E-state index is 12.1. The van der Waals surface area contributed by atoms with Crippen molar-refractivity contribution in [3.63, 3.8) is 0 Å². The summed E-state index contributed by atoms with van der Waals surface area (Å²) in [6, 6.07) is 8.05. The zero-order valence-corrected chi connectivity index (χ0v) is 14.2. The molecule has 0 aliphatic heterocycles. The number of urea groups is 1. The topological polar surface area (TPSA) is 115 Å². The standard InChI is InChI=1S/C16H22N6O2/c1-10-18-14(21-22(10)11-8-6-5-7-9-11)20-15(24)19-12(13(17)23)16(2,3)4/h5-9,12H,1-4H3,(H2,17,23)(H2,19,20,21,24)/t12-/m1/s1. The number of aryl methyl sites for hydroxylation is 1. The van der Waals surface area contributed by atoms with E-state index in [1.807, 2.05) is 51.1 Å². The highest BCUT2D eigenvalue weighted by Crippen LogP contribution is 2.19. The number of primary amides is 1. The molecule has 128 valence electrons. The Hall–Kier alpha value is -2.90. The minimum Gasteiger partial charge on any atom is -0.368 e. The second kappa shape index (κ2) is 6.69. The van der Waals surface area contributed by atoms with E-state index in [0.29, 0.717) is 5.82 Å². The predicted molar refractivity (Wildman–Crippen MR) is 90.7 cm³/mol. The molecule has 1 heterocycles. The molecule has 0 saturated carbocycles. The van der Waals surface area contributed by atoms with Gasteiger partial charge in [0, 0.05) is 0 Å². The van der Waals surface area contributed by atoms with Gasteiger partial charge in [0.05, 0.1) is 5.69 Å². The summed E-state index contributed by atoms with van der Waals surface area (Å²) >= 11 is 0. The van der Waals surface area contributed by atoms with Gasteiger partial charge < -0.3 is 11.1 Å². The van der Waals surface area contributed by atoms with Crippen LogP contribution in [0.15, 0.2) is 30.3 Å². The fraction of sp³-hybridized carbons (Fsp3) is 0.375. The summed E-state index contributed by atoms with van der Waals surface area (Å²) in [5.41, 5.74) is 5.68. The maximum Gasteiger partial charge on any atom is 0.322 e. The molecule has 4 N–H and O–H groups in total. The Labute approximate surface area is 140 Å². The Morgan fingerprint density at radius 3 is 2.38 bits per heavy atom. The molecular formula is C16H22N6O2. The van der Waals surface area contributed by atoms with Crippen LogP contribution in [0.4, 0.5) is 10.7 Å². The molecule has 0 bridgehead atoms. The summed E-state index contributed by atoms with van der Waals surface area (Å²) in [5, 5.41) is 9.34. The number of para-hydroxylation sites is 1. The third kappa shape index (κ3) is 4.09. The number of hydrogen-bond acceptors (Lipinski definition) is 4. The average molecular weight is 330 g/mol. The van der Waals surface area contributed by atoms with Gasteiger partial charge in [-0.05, 0) is 24.5 Å². The van der Waals surface area contributed by atoms with E-state index in [1.54, 1.807) is 11.6 Å². The van der Waals surface area contributed by atoms with Crippen LogP contribution in [0.2, 0.25) is 0 Å². The molecule has 8 heteroatoms. The minimum atomic E-state index is -0.810.